The van der Waals surface area contributed by atoms with Crippen LogP contribution in [0.2, 0.25) is 0 Å². The number of pyridine rings is 2. The van der Waals surface area contributed by atoms with Gasteiger partial charge >= 0.3 is 0 Å². The number of rotatable bonds is 6. The number of hydrogen-bond donors (Lipinski definition) is 1. The van der Waals surface area contributed by atoms with E-state index in [1.54, 1.807) is 32.5 Å². The van der Waals surface area contributed by atoms with Crippen molar-refractivity contribution in [2.75, 3.05) is 19.5 Å². The summed E-state index contributed by atoms with van der Waals surface area (Å²) in [5.41, 5.74) is 3.14. The molecule has 3 aromatic heterocycles. The number of nitrogens with zero attached hydrogens (tertiary/aromatic N) is 3. The summed E-state index contributed by atoms with van der Waals surface area (Å²) >= 11 is 0. The molecule has 28 heavy (non-hydrogen) atoms. The van der Waals surface area contributed by atoms with Crippen LogP contribution in [0.25, 0.3) is 5.65 Å². The third-order valence-corrected chi connectivity index (χ3v) is 5.29. The number of methoxy groups -OCH3 is 2. The van der Waals surface area contributed by atoms with Gasteiger partial charge in [-0.2, -0.15) is 0 Å². The summed E-state index contributed by atoms with van der Waals surface area (Å²) in [6.07, 6.45) is 6.82. The summed E-state index contributed by atoms with van der Waals surface area (Å²) in [6.45, 7) is 2.03. The van der Waals surface area contributed by atoms with Gasteiger partial charge in [0, 0.05) is 37.2 Å². The number of aryl methyl sites for hydroxylation is 1. The number of carbonyl (C=O) groups is 1. The van der Waals surface area contributed by atoms with Crippen LogP contribution >= 0.6 is 0 Å². The molecular weight excluding hydrogens is 356 g/mol. The lowest BCUT2D eigenvalue weighted by Crippen LogP contribution is -2.28. The van der Waals surface area contributed by atoms with Crippen LogP contribution < -0.4 is 10.1 Å². The molecule has 0 saturated heterocycles. The highest BCUT2D eigenvalue weighted by atomic mass is 16.5. The molecule has 1 aliphatic rings. The van der Waals surface area contributed by atoms with Crippen molar-refractivity contribution in [1.29, 1.82) is 0 Å². The first-order valence-electron chi connectivity index (χ1n) is 9.48. The van der Waals surface area contributed by atoms with Crippen LogP contribution in [-0.4, -0.2) is 40.6 Å². The smallest absolute Gasteiger partial charge is 0.262 e. The lowest BCUT2D eigenvalue weighted by Gasteiger charge is -2.32. The minimum absolute atomic E-state index is 0.266. The van der Waals surface area contributed by atoms with E-state index >= 15 is 0 Å². The number of aromatic nitrogens is 3. The van der Waals surface area contributed by atoms with Gasteiger partial charge in [0.2, 0.25) is 0 Å². The van der Waals surface area contributed by atoms with Crippen molar-refractivity contribution in [3.63, 3.8) is 0 Å². The third-order valence-electron chi connectivity index (χ3n) is 5.29. The third kappa shape index (κ3) is 3.45. The molecule has 0 atom stereocenters. The second-order valence-corrected chi connectivity index (χ2v) is 7.03. The lowest BCUT2D eigenvalue weighted by molar-refractivity contribution is 0.0249. The Morgan fingerprint density at radius 3 is 2.79 bits per heavy atom. The quantitative estimate of drug-likeness (QED) is 0.709. The molecule has 0 spiro atoms. The van der Waals surface area contributed by atoms with E-state index in [0.29, 0.717) is 29.2 Å². The normalized spacial score (nSPS) is 18.7. The Morgan fingerprint density at radius 2 is 2.07 bits per heavy atom. The molecule has 7 heteroatoms. The van der Waals surface area contributed by atoms with E-state index in [-0.39, 0.29) is 5.91 Å². The zero-order valence-electron chi connectivity index (χ0n) is 16.3. The van der Waals surface area contributed by atoms with E-state index in [1.807, 2.05) is 29.7 Å². The molecule has 4 rings (SSSR count). The highest BCUT2D eigenvalue weighted by Crippen LogP contribution is 2.38. The van der Waals surface area contributed by atoms with Crippen LogP contribution in [0.15, 0.2) is 36.7 Å². The summed E-state index contributed by atoms with van der Waals surface area (Å²) in [5, 5.41) is 2.86. The van der Waals surface area contributed by atoms with Gasteiger partial charge in [-0.05, 0) is 31.4 Å². The highest BCUT2D eigenvalue weighted by Gasteiger charge is 2.32. The fourth-order valence-electron chi connectivity index (χ4n) is 3.50. The monoisotopic (exact) mass is 380 g/mol. The Kier molecular flexibility index (Phi) is 5.00. The summed E-state index contributed by atoms with van der Waals surface area (Å²) in [7, 11) is 3.29. The van der Waals surface area contributed by atoms with Gasteiger partial charge in [-0.1, -0.05) is 13.0 Å². The number of amides is 1. The Morgan fingerprint density at radius 1 is 1.25 bits per heavy atom. The van der Waals surface area contributed by atoms with Gasteiger partial charge in [-0.15, -0.1) is 0 Å². The van der Waals surface area contributed by atoms with Crippen molar-refractivity contribution >= 4 is 17.4 Å². The summed E-state index contributed by atoms with van der Waals surface area (Å²) < 4.78 is 12.7. The predicted molar refractivity (Wildman–Crippen MR) is 106 cm³/mol. The summed E-state index contributed by atoms with van der Waals surface area (Å²) in [6, 6.07) is 7.39. The standard InChI is InChI=1S/C21H24N4O3/c1-4-14-6-5-7-19(22-14)24-21(26)16-11-25-12-17(13-8-15(9-13)27-2)23-20(25)10-18(16)28-3/h5-7,10-13,15H,4,8-9H2,1-3H3,(H,22,24,26). The first-order chi connectivity index (χ1) is 13.6. The molecule has 7 nitrogen and oxygen atoms in total. The fraction of sp³-hybridized carbons (Fsp3) is 0.381. The lowest BCUT2D eigenvalue weighted by atomic mass is 9.80. The largest absolute Gasteiger partial charge is 0.496 e. The Labute approximate surface area is 163 Å². The zero-order chi connectivity index (χ0) is 19.7. The average molecular weight is 380 g/mol. The van der Waals surface area contributed by atoms with Crippen molar-refractivity contribution in [1.82, 2.24) is 14.4 Å². The molecule has 0 unspecified atom stereocenters. The van der Waals surface area contributed by atoms with Gasteiger partial charge in [0.25, 0.3) is 5.91 Å². The maximum Gasteiger partial charge on any atom is 0.262 e. The molecule has 0 aliphatic heterocycles. The topological polar surface area (TPSA) is 77.8 Å². The minimum atomic E-state index is -0.266. The van der Waals surface area contributed by atoms with Gasteiger partial charge in [-0.3, -0.25) is 4.79 Å². The van der Waals surface area contributed by atoms with Crippen LogP contribution in [0, 0.1) is 0 Å². The van der Waals surface area contributed by atoms with Gasteiger partial charge < -0.3 is 19.2 Å². The number of hydrogen-bond acceptors (Lipinski definition) is 5. The molecule has 1 N–H and O–H groups in total. The van der Waals surface area contributed by atoms with Crippen molar-refractivity contribution in [2.24, 2.45) is 0 Å². The molecule has 1 amide bonds. The van der Waals surface area contributed by atoms with Crippen LogP contribution in [0.4, 0.5) is 5.82 Å². The van der Waals surface area contributed by atoms with Gasteiger partial charge in [0.1, 0.15) is 17.2 Å². The minimum Gasteiger partial charge on any atom is -0.496 e. The van der Waals surface area contributed by atoms with Crippen LogP contribution in [0.1, 0.15) is 47.4 Å². The molecule has 0 radical (unpaired) electrons. The van der Waals surface area contributed by atoms with Gasteiger partial charge in [0.15, 0.2) is 0 Å². The molecule has 3 heterocycles. The van der Waals surface area contributed by atoms with E-state index in [4.69, 9.17) is 14.5 Å². The van der Waals surface area contributed by atoms with Crippen molar-refractivity contribution in [3.8, 4) is 5.75 Å². The molecule has 1 saturated carbocycles. The average Bonchev–Trinajstić information content (AvgIpc) is 3.08. The maximum absolute atomic E-state index is 12.8. The van der Waals surface area contributed by atoms with E-state index in [2.05, 4.69) is 10.3 Å². The number of carbonyl (C=O) groups excluding carboxylic acids is 1. The Hall–Kier alpha value is -2.93. The number of imidazole rings is 1. The molecule has 146 valence electrons. The predicted octanol–water partition coefficient (Wildman–Crippen LogP) is 3.45. The Balaban J connectivity index is 1.61. The van der Waals surface area contributed by atoms with Crippen molar-refractivity contribution in [3.05, 3.63) is 53.6 Å². The van der Waals surface area contributed by atoms with E-state index in [1.165, 1.54) is 0 Å². The Bertz CT molecular complexity index is 1010. The molecule has 3 aromatic rings. The number of fused-ring (bicyclic) bond motifs is 1. The molecule has 0 bridgehead atoms. The summed E-state index contributed by atoms with van der Waals surface area (Å²) in [5.74, 6) is 1.14. The maximum atomic E-state index is 12.8. The second-order valence-electron chi connectivity index (χ2n) is 7.03. The molecule has 1 aliphatic carbocycles. The van der Waals surface area contributed by atoms with Crippen molar-refractivity contribution in [2.45, 2.75) is 38.2 Å². The molecule has 1 fully saturated rings. The number of anilines is 1. The van der Waals surface area contributed by atoms with E-state index < -0.39 is 0 Å². The first-order valence-corrected chi connectivity index (χ1v) is 9.48. The van der Waals surface area contributed by atoms with Crippen LogP contribution in [0.3, 0.4) is 0 Å². The highest BCUT2D eigenvalue weighted by molar-refractivity contribution is 6.05. The van der Waals surface area contributed by atoms with E-state index in [9.17, 15) is 4.79 Å². The van der Waals surface area contributed by atoms with Crippen molar-refractivity contribution < 1.29 is 14.3 Å². The number of ether oxygens (including phenoxy) is 2. The zero-order valence-corrected chi connectivity index (χ0v) is 16.3. The SMILES string of the molecule is CCc1cccc(NC(=O)c2cn3cc(C4CC(OC)C4)nc3cc2OC)n1. The summed E-state index contributed by atoms with van der Waals surface area (Å²) in [4.78, 5) is 22.0. The molecular formula is C21H24N4O3. The van der Waals surface area contributed by atoms with E-state index in [0.717, 1.165) is 36.3 Å². The fourth-order valence-corrected chi connectivity index (χ4v) is 3.50. The van der Waals surface area contributed by atoms with Crippen LogP contribution in [-0.2, 0) is 11.2 Å². The first kappa shape index (κ1) is 18.4. The number of nitrogens with one attached hydrogen (secondary N) is 1. The molecule has 0 aromatic carbocycles. The van der Waals surface area contributed by atoms with Gasteiger partial charge in [0.05, 0.1) is 24.5 Å². The second kappa shape index (κ2) is 7.59. The van der Waals surface area contributed by atoms with Crippen LogP contribution in [0.5, 0.6) is 5.75 Å². The van der Waals surface area contributed by atoms with Gasteiger partial charge in [-0.25, -0.2) is 9.97 Å².